The molecule has 1 N–H and O–H groups in total. The standard InChI is InChI=1S/C28H38N4O5/c1-19-15-21(18-31(2)27(19)33)26-30-24-16-20(9-10-25(24)32(26)12-14-36-4)17-29-23(11-13-35-3)28(34)37-22-7-5-6-8-22/h9-10,15-16,18,22-23,29H,5-8,11-14,17H2,1-4H3/t23-/m0/s1. The van der Waals surface area contributed by atoms with E-state index in [0.29, 0.717) is 38.3 Å². The minimum Gasteiger partial charge on any atom is -0.461 e. The van der Waals surface area contributed by atoms with Crippen LogP contribution in [0.2, 0.25) is 0 Å². The van der Waals surface area contributed by atoms with Gasteiger partial charge in [0.25, 0.3) is 5.56 Å². The van der Waals surface area contributed by atoms with Gasteiger partial charge in [-0.05, 0) is 62.8 Å². The molecule has 1 aliphatic rings. The van der Waals surface area contributed by atoms with E-state index >= 15 is 0 Å². The predicted octanol–water partition coefficient (Wildman–Crippen LogP) is 3.34. The highest BCUT2D eigenvalue weighted by Crippen LogP contribution is 2.26. The minimum absolute atomic E-state index is 0.0221. The van der Waals surface area contributed by atoms with E-state index in [-0.39, 0.29) is 17.6 Å². The molecule has 1 atom stereocenters. The Bertz CT molecular complexity index is 1250. The van der Waals surface area contributed by atoms with Crippen molar-refractivity contribution in [3.63, 3.8) is 0 Å². The number of pyridine rings is 1. The Balaban J connectivity index is 1.57. The van der Waals surface area contributed by atoms with Crippen molar-refractivity contribution < 1.29 is 19.0 Å². The zero-order valence-corrected chi connectivity index (χ0v) is 22.3. The first kappa shape index (κ1) is 27.0. The van der Waals surface area contributed by atoms with Crippen LogP contribution in [0.4, 0.5) is 0 Å². The van der Waals surface area contributed by atoms with Crippen molar-refractivity contribution in [2.45, 2.75) is 64.3 Å². The predicted molar refractivity (Wildman–Crippen MR) is 142 cm³/mol. The summed E-state index contributed by atoms with van der Waals surface area (Å²) >= 11 is 0. The van der Waals surface area contributed by atoms with Crippen molar-refractivity contribution in [3.8, 4) is 11.4 Å². The molecule has 1 saturated carbocycles. The Labute approximate surface area is 217 Å². The zero-order valence-electron chi connectivity index (χ0n) is 22.3. The molecular formula is C28H38N4O5. The molecule has 3 aromatic rings. The molecule has 0 unspecified atom stereocenters. The number of esters is 1. The molecule has 0 spiro atoms. The van der Waals surface area contributed by atoms with Crippen molar-refractivity contribution in [1.29, 1.82) is 0 Å². The second-order valence-corrected chi connectivity index (χ2v) is 9.79. The van der Waals surface area contributed by atoms with Crippen molar-refractivity contribution in [2.75, 3.05) is 27.4 Å². The summed E-state index contributed by atoms with van der Waals surface area (Å²) in [4.78, 5) is 30.0. The fourth-order valence-electron chi connectivity index (χ4n) is 4.95. The lowest BCUT2D eigenvalue weighted by atomic mass is 10.1. The fraction of sp³-hybridized carbons (Fsp3) is 0.536. The number of carbonyl (C=O) groups excluding carboxylic acids is 1. The fourth-order valence-corrected chi connectivity index (χ4v) is 4.95. The molecule has 37 heavy (non-hydrogen) atoms. The van der Waals surface area contributed by atoms with Crippen LogP contribution in [0.5, 0.6) is 0 Å². The molecule has 4 rings (SSSR count). The van der Waals surface area contributed by atoms with Crippen LogP contribution in [0.1, 0.15) is 43.2 Å². The van der Waals surface area contributed by atoms with Crippen LogP contribution in [0.15, 0.2) is 35.3 Å². The number of benzene rings is 1. The van der Waals surface area contributed by atoms with E-state index in [2.05, 4.69) is 9.88 Å². The molecule has 9 heteroatoms. The summed E-state index contributed by atoms with van der Waals surface area (Å²) in [7, 11) is 5.07. The van der Waals surface area contributed by atoms with Crippen molar-refractivity contribution in [3.05, 3.63) is 51.9 Å². The van der Waals surface area contributed by atoms with Gasteiger partial charge >= 0.3 is 5.97 Å². The van der Waals surface area contributed by atoms with Gasteiger partial charge < -0.3 is 28.7 Å². The Morgan fingerprint density at radius 2 is 1.92 bits per heavy atom. The lowest BCUT2D eigenvalue weighted by Gasteiger charge is -2.20. The van der Waals surface area contributed by atoms with Crippen molar-refractivity contribution in [2.24, 2.45) is 7.05 Å². The molecule has 0 bridgehead atoms. The number of fused-ring (bicyclic) bond motifs is 1. The summed E-state index contributed by atoms with van der Waals surface area (Å²) in [6.45, 7) is 3.96. The van der Waals surface area contributed by atoms with Gasteiger partial charge in [-0.1, -0.05) is 6.07 Å². The largest absolute Gasteiger partial charge is 0.461 e. The number of hydrogen-bond acceptors (Lipinski definition) is 7. The average molecular weight is 511 g/mol. The highest BCUT2D eigenvalue weighted by Gasteiger charge is 2.25. The van der Waals surface area contributed by atoms with Gasteiger partial charge in [-0.2, -0.15) is 0 Å². The van der Waals surface area contributed by atoms with Gasteiger partial charge in [-0.25, -0.2) is 4.98 Å². The molecule has 0 amide bonds. The lowest BCUT2D eigenvalue weighted by molar-refractivity contribution is -0.151. The van der Waals surface area contributed by atoms with E-state index in [4.69, 9.17) is 19.2 Å². The monoisotopic (exact) mass is 510 g/mol. The van der Waals surface area contributed by atoms with Crippen molar-refractivity contribution in [1.82, 2.24) is 19.4 Å². The summed E-state index contributed by atoms with van der Waals surface area (Å²) in [6, 6.07) is 7.59. The van der Waals surface area contributed by atoms with Crippen LogP contribution < -0.4 is 10.9 Å². The number of carbonyl (C=O) groups is 1. The lowest BCUT2D eigenvalue weighted by Crippen LogP contribution is -2.40. The second-order valence-electron chi connectivity index (χ2n) is 9.79. The van der Waals surface area contributed by atoms with Gasteiger partial charge in [-0.15, -0.1) is 0 Å². The number of hydrogen-bond donors (Lipinski definition) is 1. The third-order valence-corrected chi connectivity index (χ3v) is 6.99. The first-order valence-electron chi connectivity index (χ1n) is 13.0. The molecular weight excluding hydrogens is 472 g/mol. The zero-order chi connectivity index (χ0) is 26.4. The molecule has 1 aromatic carbocycles. The minimum atomic E-state index is -0.431. The molecule has 0 saturated heterocycles. The Kier molecular flexibility index (Phi) is 9.13. The number of imidazole rings is 1. The highest BCUT2D eigenvalue weighted by molar-refractivity contribution is 5.81. The number of aryl methyl sites for hydroxylation is 2. The molecule has 9 nitrogen and oxygen atoms in total. The Morgan fingerprint density at radius 1 is 1.16 bits per heavy atom. The van der Waals surface area contributed by atoms with Gasteiger partial charge in [0, 0.05) is 58.3 Å². The summed E-state index contributed by atoms with van der Waals surface area (Å²) in [5.41, 5.74) is 4.37. The molecule has 2 heterocycles. The maximum Gasteiger partial charge on any atom is 0.323 e. The molecule has 1 aliphatic carbocycles. The topological polar surface area (TPSA) is 96.6 Å². The number of rotatable bonds is 12. The van der Waals surface area contributed by atoms with Gasteiger partial charge in [0.1, 0.15) is 18.0 Å². The maximum atomic E-state index is 12.8. The molecule has 200 valence electrons. The van der Waals surface area contributed by atoms with E-state index in [9.17, 15) is 9.59 Å². The van der Waals surface area contributed by atoms with E-state index in [0.717, 1.165) is 53.7 Å². The number of aromatic nitrogens is 3. The maximum absolute atomic E-state index is 12.8. The van der Waals surface area contributed by atoms with Gasteiger partial charge in [0.2, 0.25) is 0 Å². The second kappa shape index (κ2) is 12.5. The quantitative estimate of drug-likeness (QED) is 0.373. The number of methoxy groups -OCH3 is 2. The molecule has 0 aliphatic heterocycles. The van der Waals surface area contributed by atoms with Crippen LogP contribution in [0.3, 0.4) is 0 Å². The normalized spacial score (nSPS) is 14.9. The van der Waals surface area contributed by atoms with Crippen LogP contribution >= 0.6 is 0 Å². The van der Waals surface area contributed by atoms with E-state index in [1.165, 1.54) is 0 Å². The smallest absolute Gasteiger partial charge is 0.323 e. The number of nitrogens with one attached hydrogen (secondary N) is 1. The highest BCUT2D eigenvalue weighted by atomic mass is 16.5. The van der Waals surface area contributed by atoms with Crippen LogP contribution in [-0.4, -0.2) is 59.7 Å². The van der Waals surface area contributed by atoms with Gasteiger partial charge in [0.15, 0.2) is 0 Å². The first-order chi connectivity index (χ1) is 17.9. The third-order valence-electron chi connectivity index (χ3n) is 6.99. The first-order valence-corrected chi connectivity index (χ1v) is 13.0. The SMILES string of the molecule is COCC[C@H](NCc1ccc2c(c1)nc(-c1cc(C)c(=O)n(C)c1)n2CCOC)C(=O)OC1CCCC1. The van der Waals surface area contributed by atoms with Crippen LogP contribution in [-0.2, 0) is 39.1 Å². The number of ether oxygens (including phenoxy) is 3. The van der Waals surface area contributed by atoms with Crippen LogP contribution in [0.25, 0.3) is 22.4 Å². The third kappa shape index (κ3) is 6.47. The summed E-state index contributed by atoms with van der Waals surface area (Å²) in [5.74, 6) is 0.579. The van der Waals surface area contributed by atoms with E-state index in [1.54, 1.807) is 25.8 Å². The Hall–Kier alpha value is -3.01. The van der Waals surface area contributed by atoms with Crippen LogP contribution in [0, 0.1) is 6.92 Å². The van der Waals surface area contributed by atoms with Gasteiger partial charge in [0.05, 0.1) is 17.6 Å². The average Bonchev–Trinajstić information content (AvgIpc) is 3.53. The van der Waals surface area contributed by atoms with Crippen molar-refractivity contribution >= 4 is 17.0 Å². The molecule has 2 aromatic heterocycles. The van der Waals surface area contributed by atoms with E-state index < -0.39 is 6.04 Å². The summed E-state index contributed by atoms with van der Waals surface area (Å²) in [5, 5.41) is 3.37. The summed E-state index contributed by atoms with van der Waals surface area (Å²) in [6.07, 6.45) is 6.53. The van der Waals surface area contributed by atoms with Gasteiger partial charge in [-0.3, -0.25) is 9.59 Å². The summed E-state index contributed by atoms with van der Waals surface area (Å²) < 4.78 is 20.0. The molecule has 0 radical (unpaired) electrons. The van der Waals surface area contributed by atoms with E-state index in [1.807, 2.05) is 37.4 Å². The Morgan fingerprint density at radius 3 is 2.62 bits per heavy atom. The number of nitrogens with zero attached hydrogens (tertiary/aromatic N) is 3. The molecule has 1 fully saturated rings.